The Morgan fingerprint density at radius 1 is 1.13 bits per heavy atom. The molecule has 3 aromatic rings. The molecule has 116 valence electrons. The van der Waals surface area contributed by atoms with Crippen LogP contribution in [0.15, 0.2) is 48.5 Å². The number of rotatable bonds is 3. The summed E-state index contributed by atoms with van der Waals surface area (Å²) >= 11 is 6.05. The van der Waals surface area contributed by atoms with Crippen molar-refractivity contribution in [2.75, 3.05) is 0 Å². The van der Waals surface area contributed by atoms with E-state index < -0.39 is 4.92 Å². The van der Waals surface area contributed by atoms with E-state index in [0.29, 0.717) is 5.02 Å². The molecule has 0 N–H and O–H groups in total. The molecule has 0 aliphatic heterocycles. The van der Waals surface area contributed by atoms with Crippen LogP contribution >= 0.6 is 11.6 Å². The average Bonchev–Trinajstić information content (AvgIpc) is 2.82. The zero-order valence-electron chi connectivity index (χ0n) is 12.7. The molecule has 3 rings (SSSR count). The predicted octanol–water partition coefficient (Wildman–Crippen LogP) is 4.72. The fourth-order valence-corrected chi connectivity index (χ4v) is 2.88. The molecule has 0 radical (unpaired) electrons. The van der Waals surface area contributed by atoms with Crippen molar-refractivity contribution in [3.8, 4) is 16.8 Å². The summed E-state index contributed by atoms with van der Waals surface area (Å²) < 4.78 is 1.80. The van der Waals surface area contributed by atoms with Crippen LogP contribution in [-0.2, 0) is 0 Å². The fourth-order valence-electron chi connectivity index (χ4n) is 2.69. The van der Waals surface area contributed by atoms with Gasteiger partial charge in [-0.15, -0.1) is 0 Å². The van der Waals surface area contributed by atoms with E-state index in [1.165, 1.54) is 6.07 Å². The summed E-state index contributed by atoms with van der Waals surface area (Å²) in [5.74, 6) is 0. The zero-order valence-corrected chi connectivity index (χ0v) is 13.4. The second-order valence-electron chi connectivity index (χ2n) is 5.24. The third-order valence-electron chi connectivity index (χ3n) is 3.69. The molecule has 0 aliphatic rings. The minimum absolute atomic E-state index is 0.0665. The first-order valence-electron chi connectivity index (χ1n) is 7.04. The van der Waals surface area contributed by atoms with Crippen LogP contribution in [0.3, 0.4) is 0 Å². The van der Waals surface area contributed by atoms with Crippen molar-refractivity contribution in [3.63, 3.8) is 0 Å². The Morgan fingerprint density at radius 2 is 1.87 bits per heavy atom. The summed E-state index contributed by atoms with van der Waals surface area (Å²) in [4.78, 5) is 10.6. The molecule has 23 heavy (non-hydrogen) atoms. The van der Waals surface area contributed by atoms with Crippen molar-refractivity contribution in [2.24, 2.45) is 0 Å². The third-order valence-corrected chi connectivity index (χ3v) is 3.92. The number of non-ortho nitro benzene ring substituents is 1. The van der Waals surface area contributed by atoms with Crippen LogP contribution in [0.25, 0.3) is 16.8 Å². The van der Waals surface area contributed by atoms with Crippen molar-refractivity contribution >= 4 is 17.3 Å². The molecule has 1 aromatic heterocycles. The van der Waals surface area contributed by atoms with Gasteiger partial charge in [0, 0.05) is 28.4 Å². The molecule has 0 unspecified atom stereocenters. The number of nitrogens with zero attached hydrogens (tertiary/aromatic N) is 3. The lowest BCUT2D eigenvalue weighted by Crippen LogP contribution is -1.98. The molecular formula is C17H14ClN3O2. The van der Waals surface area contributed by atoms with E-state index in [-0.39, 0.29) is 5.69 Å². The molecule has 1 heterocycles. The molecule has 0 saturated heterocycles. The first-order valence-corrected chi connectivity index (χ1v) is 7.42. The maximum atomic E-state index is 11.0. The van der Waals surface area contributed by atoms with Gasteiger partial charge in [0.1, 0.15) is 0 Å². The van der Waals surface area contributed by atoms with Gasteiger partial charge in [0.25, 0.3) is 5.69 Å². The van der Waals surface area contributed by atoms with Gasteiger partial charge in [0.15, 0.2) is 0 Å². The van der Waals surface area contributed by atoms with Crippen molar-refractivity contribution in [2.45, 2.75) is 13.8 Å². The fraction of sp³-hybridized carbons (Fsp3) is 0.118. The van der Waals surface area contributed by atoms with E-state index in [4.69, 9.17) is 11.6 Å². The van der Waals surface area contributed by atoms with Crippen molar-refractivity contribution in [3.05, 3.63) is 75.1 Å². The van der Waals surface area contributed by atoms with Gasteiger partial charge in [-0.25, -0.2) is 4.68 Å². The highest BCUT2D eigenvalue weighted by Crippen LogP contribution is 2.31. The molecule has 0 fully saturated rings. The standard InChI is InChI=1S/C17H14ClN3O2/c1-11-17(13-5-3-8-16(9-13)21(22)23)12(2)20(19-11)15-7-4-6-14(18)10-15/h3-10H,1-2H3. The van der Waals surface area contributed by atoms with Crippen molar-refractivity contribution < 1.29 is 4.92 Å². The van der Waals surface area contributed by atoms with Gasteiger partial charge in [-0.05, 0) is 37.6 Å². The van der Waals surface area contributed by atoms with Crippen molar-refractivity contribution in [1.29, 1.82) is 0 Å². The first-order chi connectivity index (χ1) is 11.0. The van der Waals surface area contributed by atoms with E-state index in [9.17, 15) is 10.1 Å². The molecule has 0 aliphatic carbocycles. The highest BCUT2D eigenvalue weighted by molar-refractivity contribution is 6.30. The molecule has 0 saturated carbocycles. The Kier molecular flexibility index (Phi) is 3.88. The number of halogens is 1. The lowest BCUT2D eigenvalue weighted by Gasteiger charge is -2.06. The van der Waals surface area contributed by atoms with Gasteiger partial charge in [0.05, 0.1) is 16.3 Å². The Labute approximate surface area is 138 Å². The van der Waals surface area contributed by atoms with Crippen LogP contribution in [0.4, 0.5) is 5.69 Å². The molecule has 0 bridgehead atoms. The van der Waals surface area contributed by atoms with E-state index in [2.05, 4.69) is 5.10 Å². The minimum atomic E-state index is -0.393. The molecule has 0 spiro atoms. The monoisotopic (exact) mass is 327 g/mol. The predicted molar refractivity (Wildman–Crippen MR) is 90.1 cm³/mol. The SMILES string of the molecule is Cc1nn(-c2cccc(Cl)c2)c(C)c1-c1cccc([N+](=O)[O-])c1. The maximum Gasteiger partial charge on any atom is 0.270 e. The molecule has 5 nitrogen and oxygen atoms in total. The highest BCUT2D eigenvalue weighted by Gasteiger charge is 2.16. The largest absolute Gasteiger partial charge is 0.270 e. The summed E-state index contributed by atoms with van der Waals surface area (Å²) in [5.41, 5.74) is 4.32. The second kappa shape index (κ2) is 5.85. The number of aryl methyl sites for hydroxylation is 1. The zero-order chi connectivity index (χ0) is 16.6. The van der Waals surface area contributed by atoms with Gasteiger partial charge in [-0.1, -0.05) is 29.8 Å². The highest BCUT2D eigenvalue weighted by atomic mass is 35.5. The van der Waals surface area contributed by atoms with Crippen molar-refractivity contribution in [1.82, 2.24) is 9.78 Å². The summed E-state index contributed by atoms with van der Waals surface area (Å²) in [7, 11) is 0. The Hall–Kier alpha value is -2.66. The topological polar surface area (TPSA) is 61.0 Å². The van der Waals surface area contributed by atoms with Crippen LogP contribution < -0.4 is 0 Å². The summed E-state index contributed by atoms with van der Waals surface area (Å²) in [5, 5.41) is 16.2. The van der Waals surface area contributed by atoms with E-state index in [1.54, 1.807) is 22.9 Å². The lowest BCUT2D eigenvalue weighted by molar-refractivity contribution is -0.384. The molecule has 0 amide bonds. The van der Waals surface area contributed by atoms with Crippen LogP contribution in [-0.4, -0.2) is 14.7 Å². The van der Waals surface area contributed by atoms with E-state index in [0.717, 1.165) is 28.2 Å². The number of benzene rings is 2. The normalized spacial score (nSPS) is 10.7. The molecule has 0 atom stereocenters. The van der Waals surface area contributed by atoms with Crippen LogP contribution in [0.1, 0.15) is 11.4 Å². The Morgan fingerprint density at radius 3 is 2.57 bits per heavy atom. The minimum Gasteiger partial charge on any atom is -0.258 e. The van der Waals surface area contributed by atoms with Gasteiger partial charge in [0.2, 0.25) is 0 Å². The number of hydrogen-bond acceptors (Lipinski definition) is 3. The Balaban J connectivity index is 2.15. The smallest absolute Gasteiger partial charge is 0.258 e. The van der Waals surface area contributed by atoms with Crippen LogP contribution in [0, 0.1) is 24.0 Å². The van der Waals surface area contributed by atoms with Gasteiger partial charge in [-0.3, -0.25) is 10.1 Å². The third kappa shape index (κ3) is 2.83. The van der Waals surface area contributed by atoms with Gasteiger partial charge >= 0.3 is 0 Å². The summed E-state index contributed by atoms with van der Waals surface area (Å²) in [6, 6.07) is 14.0. The van der Waals surface area contributed by atoms with Gasteiger partial charge in [-0.2, -0.15) is 5.10 Å². The molecule has 6 heteroatoms. The van der Waals surface area contributed by atoms with Crippen LogP contribution in [0.2, 0.25) is 5.02 Å². The number of nitro benzene ring substituents is 1. The van der Waals surface area contributed by atoms with Crippen LogP contribution in [0.5, 0.6) is 0 Å². The maximum absolute atomic E-state index is 11.0. The Bertz CT molecular complexity index is 903. The quantitative estimate of drug-likeness (QED) is 0.516. The number of hydrogen-bond donors (Lipinski definition) is 0. The van der Waals surface area contributed by atoms with E-state index >= 15 is 0 Å². The van der Waals surface area contributed by atoms with Gasteiger partial charge < -0.3 is 0 Å². The average molecular weight is 328 g/mol. The molecule has 2 aromatic carbocycles. The molecular weight excluding hydrogens is 314 g/mol. The second-order valence-corrected chi connectivity index (χ2v) is 5.68. The summed E-state index contributed by atoms with van der Waals surface area (Å²) in [6.45, 7) is 3.83. The number of aromatic nitrogens is 2. The number of nitro groups is 1. The lowest BCUT2D eigenvalue weighted by atomic mass is 10.0. The van der Waals surface area contributed by atoms with E-state index in [1.807, 2.05) is 38.1 Å². The summed E-state index contributed by atoms with van der Waals surface area (Å²) in [6.07, 6.45) is 0. The first kappa shape index (κ1) is 15.2.